The van der Waals surface area contributed by atoms with Crippen LogP contribution in [0, 0.1) is 0 Å². The van der Waals surface area contributed by atoms with Gasteiger partial charge in [0.15, 0.2) is 0 Å². The summed E-state index contributed by atoms with van der Waals surface area (Å²) in [5.41, 5.74) is 0. The Kier molecular flexibility index (Phi) is 4.66. The lowest BCUT2D eigenvalue weighted by molar-refractivity contribution is -0.132. The summed E-state index contributed by atoms with van der Waals surface area (Å²) < 4.78 is 0. The molecule has 2 fully saturated rings. The fourth-order valence-corrected chi connectivity index (χ4v) is 4.14. The van der Waals surface area contributed by atoms with Gasteiger partial charge in [-0.3, -0.25) is 14.5 Å². The molecule has 0 radical (unpaired) electrons. The van der Waals surface area contributed by atoms with E-state index in [0.717, 1.165) is 19.4 Å². The van der Waals surface area contributed by atoms with Gasteiger partial charge >= 0.3 is 6.03 Å². The molecule has 2 saturated heterocycles. The second-order valence-corrected chi connectivity index (χ2v) is 7.03. The van der Waals surface area contributed by atoms with Crippen LogP contribution in [0.2, 0.25) is 0 Å². The number of carbonyl (C=O) groups is 3. The normalized spacial score (nSPS) is 21.6. The number of urea groups is 1. The van der Waals surface area contributed by atoms with E-state index in [1.807, 2.05) is 16.3 Å². The number of nitrogens with zero attached hydrogens (tertiary/aromatic N) is 3. The van der Waals surface area contributed by atoms with E-state index in [2.05, 4.69) is 6.07 Å². The summed E-state index contributed by atoms with van der Waals surface area (Å²) in [4.78, 5) is 41.8. The molecular formula is C16H21N3O3S. The van der Waals surface area contributed by atoms with Gasteiger partial charge in [-0.2, -0.15) is 0 Å². The van der Waals surface area contributed by atoms with Crippen molar-refractivity contribution in [1.29, 1.82) is 0 Å². The van der Waals surface area contributed by atoms with Crippen LogP contribution in [-0.2, 0) is 9.59 Å². The van der Waals surface area contributed by atoms with E-state index in [1.165, 1.54) is 14.7 Å². The van der Waals surface area contributed by atoms with Gasteiger partial charge in [-0.25, -0.2) is 4.79 Å². The maximum Gasteiger partial charge on any atom is 0.326 e. The summed E-state index contributed by atoms with van der Waals surface area (Å²) in [6.45, 7) is 1.26. The van der Waals surface area contributed by atoms with E-state index in [4.69, 9.17) is 0 Å². The molecule has 2 aliphatic rings. The minimum atomic E-state index is -0.264. The van der Waals surface area contributed by atoms with Crippen LogP contribution in [-0.4, -0.2) is 59.2 Å². The molecule has 0 N–H and O–H groups in total. The monoisotopic (exact) mass is 335 g/mol. The van der Waals surface area contributed by atoms with Crippen LogP contribution in [0.4, 0.5) is 4.79 Å². The zero-order valence-electron chi connectivity index (χ0n) is 13.2. The van der Waals surface area contributed by atoms with E-state index >= 15 is 0 Å². The number of imide groups is 1. The Hall–Kier alpha value is -1.89. The van der Waals surface area contributed by atoms with Gasteiger partial charge in [0, 0.05) is 31.4 Å². The van der Waals surface area contributed by atoms with Gasteiger partial charge < -0.3 is 9.80 Å². The number of carbonyl (C=O) groups excluding carboxylic acids is 3. The molecule has 4 amide bonds. The maximum atomic E-state index is 12.5. The lowest BCUT2D eigenvalue weighted by Crippen LogP contribution is -2.34. The minimum absolute atomic E-state index is 0.119. The summed E-state index contributed by atoms with van der Waals surface area (Å²) in [5.74, 6) is -0.0593. The van der Waals surface area contributed by atoms with Crippen LogP contribution in [0.15, 0.2) is 17.5 Å². The first-order valence-corrected chi connectivity index (χ1v) is 8.84. The Balaban J connectivity index is 1.51. The van der Waals surface area contributed by atoms with Crippen LogP contribution < -0.4 is 0 Å². The number of thiophene rings is 1. The molecule has 0 saturated carbocycles. The Morgan fingerprint density at radius 1 is 1.39 bits per heavy atom. The number of hydrogen-bond donors (Lipinski definition) is 0. The molecule has 23 heavy (non-hydrogen) atoms. The molecule has 1 unspecified atom stereocenters. The smallest absolute Gasteiger partial charge is 0.326 e. The quantitative estimate of drug-likeness (QED) is 0.774. The van der Waals surface area contributed by atoms with Crippen LogP contribution in [0.5, 0.6) is 0 Å². The molecule has 0 spiro atoms. The Labute approximate surface area is 139 Å². The number of amides is 4. The second-order valence-electron chi connectivity index (χ2n) is 6.05. The molecule has 3 heterocycles. The summed E-state index contributed by atoms with van der Waals surface area (Å²) in [7, 11) is 1.61. The van der Waals surface area contributed by atoms with E-state index in [-0.39, 0.29) is 30.4 Å². The molecule has 0 aliphatic carbocycles. The molecule has 1 atom stereocenters. The fourth-order valence-electron chi connectivity index (χ4n) is 3.26. The van der Waals surface area contributed by atoms with Gasteiger partial charge in [0.25, 0.3) is 0 Å². The highest BCUT2D eigenvalue weighted by atomic mass is 32.1. The van der Waals surface area contributed by atoms with Crippen molar-refractivity contribution < 1.29 is 14.4 Å². The molecule has 7 heteroatoms. The predicted octanol–water partition coefficient (Wildman–Crippen LogP) is 2.09. The molecule has 3 rings (SSSR count). The van der Waals surface area contributed by atoms with E-state index < -0.39 is 0 Å². The Morgan fingerprint density at radius 2 is 2.22 bits per heavy atom. The topological polar surface area (TPSA) is 60.9 Å². The van der Waals surface area contributed by atoms with Crippen molar-refractivity contribution in [1.82, 2.24) is 14.7 Å². The molecular weight excluding hydrogens is 314 g/mol. The highest BCUT2D eigenvalue weighted by molar-refractivity contribution is 7.10. The molecule has 6 nitrogen and oxygen atoms in total. The van der Waals surface area contributed by atoms with Gasteiger partial charge in [-0.1, -0.05) is 6.07 Å². The average molecular weight is 335 g/mol. The molecule has 0 aromatic carbocycles. The van der Waals surface area contributed by atoms with Gasteiger partial charge in [0.2, 0.25) is 11.8 Å². The van der Waals surface area contributed by atoms with E-state index in [0.29, 0.717) is 19.4 Å². The third kappa shape index (κ3) is 3.24. The summed E-state index contributed by atoms with van der Waals surface area (Å²) in [6.07, 6.45) is 2.95. The fraction of sp³-hybridized carbons (Fsp3) is 0.562. The first-order valence-electron chi connectivity index (χ1n) is 7.96. The summed E-state index contributed by atoms with van der Waals surface area (Å²) >= 11 is 1.69. The van der Waals surface area contributed by atoms with Crippen molar-refractivity contribution in [3.05, 3.63) is 22.4 Å². The van der Waals surface area contributed by atoms with E-state index in [1.54, 1.807) is 18.4 Å². The van der Waals surface area contributed by atoms with Crippen molar-refractivity contribution in [2.24, 2.45) is 0 Å². The van der Waals surface area contributed by atoms with Gasteiger partial charge in [0.1, 0.15) is 6.54 Å². The number of rotatable bonds is 5. The van der Waals surface area contributed by atoms with Crippen molar-refractivity contribution in [2.75, 3.05) is 26.7 Å². The molecule has 1 aromatic rings. The number of hydrogen-bond acceptors (Lipinski definition) is 4. The van der Waals surface area contributed by atoms with Crippen LogP contribution in [0.3, 0.4) is 0 Å². The lowest BCUT2D eigenvalue weighted by Gasteiger charge is -2.24. The Morgan fingerprint density at radius 3 is 2.87 bits per heavy atom. The van der Waals surface area contributed by atoms with E-state index in [9.17, 15) is 14.4 Å². The SMILES string of the molecule is CN1CC(=O)N(CCCC(=O)N2CCCC2c2cccs2)C1=O. The third-order valence-corrected chi connectivity index (χ3v) is 5.42. The first kappa shape index (κ1) is 16.0. The number of likely N-dealkylation sites (tertiary alicyclic amines) is 1. The summed E-state index contributed by atoms with van der Waals surface area (Å²) in [6, 6.07) is 4.03. The van der Waals surface area contributed by atoms with Crippen LogP contribution >= 0.6 is 11.3 Å². The highest BCUT2D eigenvalue weighted by Gasteiger charge is 2.34. The largest absolute Gasteiger partial charge is 0.335 e. The molecule has 0 bridgehead atoms. The molecule has 1 aromatic heterocycles. The van der Waals surface area contributed by atoms with Crippen LogP contribution in [0.25, 0.3) is 0 Å². The van der Waals surface area contributed by atoms with Crippen molar-refractivity contribution >= 4 is 29.2 Å². The van der Waals surface area contributed by atoms with Crippen molar-refractivity contribution in [2.45, 2.75) is 31.7 Å². The molecule has 124 valence electrons. The Bertz CT molecular complexity index is 602. The zero-order chi connectivity index (χ0) is 16.4. The van der Waals surface area contributed by atoms with Crippen LogP contribution in [0.1, 0.15) is 36.6 Å². The van der Waals surface area contributed by atoms with Crippen molar-refractivity contribution in [3.63, 3.8) is 0 Å². The first-order chi connectivity index (χ1) is 11.1. The zero-order valence-corrected chi connectivity index (χ0v) is 14.1. The van der Waals surface area contributed by atoms with Gasteiger partial charge in [0.05, 0.1) is 6.04 Å². The standard InChI is InChI=1S/C16H21N3O3S/c1-17-11-15(21)19(16(17)22)9-3-7-14(20)18-8-2-5-12(18)13-6-4-10-23-13/h4,6,10,12H,2-3,5,7-9,11H2,1H3. The highest BCUT2D eigenvalue weighted by Crippen LogP contribution is 2.34. The lowest BCUT2D eigenvalue weighted by atomic mass is 10.1. The maximum absolute atomic E-state index is 12.5. The number of likely N-dealkylation sites (N-methyl/N-ethyl adjacent to an activating group) is 1. The minimum Gasteiger partial charge on any atom is -0.335 e. The third-order valence-electron chi connectivity index (χ3n) is 4.45. The summed E-state index contributed by atoms with van der Waals surface area (Å²) in [5, 5.41) is 2.04. The van der Waals surface area contributed by atoms with Gasteiger partial charge in [-0.15, -0.1) is 11.3 Å². The average Bonchev–Trinajstić information content (AvgIpc) is 3.23. The van der Waals surface area contributed by atoms with Gasteiger partial charge in [-0.05, 0) is 30.7 Å². The predicted molar refractivity (Wildman–Crippen MR) is 87.0 cm³/mol. The second kappa shape index (κ2) is 6.70. The van der Waals surface area contributed by atoms with Crippen molar-refractivity contribution in [3.8, 4) is 0 Å². The molecule has 2 aliphatic heterocycles.